The van der Waals surface area contributed by atoms with Gasteiger partial charge in [-0.2, -0.15) is 0 Å². The third-order valence-electron chi connectivity index (χ3n) is 7.60. The van der Waals surface area contributed by atoms with E-state index in [0.29, 0.717) is 38.3 Å². The molecule has 1 aromatic carbocycles. The summed E-state index contributed by atoms with van der Waals surface area (Å²) < 4.78 is 5.93. The maximum Gasteiger partial charge on any atom is 0.276 e. The number of aliphatic hydroxyl groups excluding tert-OH is 4. The summed E-state index contributed by atoms with van der Waals surface area (Å²) in [7, 11) is 0. The standard InChI is InChI=1S/C31H51ClN8O7/c1-2-3-4-7-14-40(17-23(43)26(45)25(44)21(18-41)19-42)15-16-47-22-11-9-20(10-12-22)8-5-6-13-36-31(35)39-30(46)24-28(33)38-29(34)27(32)37-24/h9-12,18,21,23,25-26,31,36,42-45H,2-8,13-17,19,35H2,1H3,(H,39,46)(H4,33,34,38)/t21-,23+,25-,26-,31?/m0/s1. The first kappa shape index (κ1) is 40.0. The van der Waals surface area contributed by atoms with Crippen LogP contribution in [0.15, 0.2) is 24.3 Å². The van der Waals surface area contributed by atoms with Gasteiger partial charge < -0.3 is 46.7 Å². The number of anilines is 2. The number of nitrogen functional groups attached to an aromatic ring is 2. The summed E-state index contributed by atoms with van der Waals surface area (Å²) >= 11 is 5.82. The van der Waals surface area contributed by atoms with E-state index in [1.165, 1.54) is 0 Å². The molecule has 0 aliphatic heterocycles. The Morgan fingerprint density at radius 2 is 1.74 bits per heavy atom. The first-order valence-electron chi connectivity index (χ1n) is 15.9. The largest absolute Gasteiger partial charge is 0.492 e. The fourth-order valence-electron chi connectivity index (χ4n) is 4.77. The lowest BCUT2D eigenvalue weighted by atomic mass is 9.96. The van der Waals surface area contributed by atoms with Crippen molar-refractivity contribution in [1.29, 1.82) is 0 Å². The summed E-state index contributed by atoms with van der Waals surface area (Å²) in [5, 5.41) is 45.7. The molecule has 1 unspecified atom stereocenters. The Morgan fingerprint density at radius 3 is 2.40 bits per heavy atom. The van der Waals surface area contributed by atoms with Gasteiger partial charge in [0.2, 0.25) is 0 Å². The molecule has 0 spiro atoms. The number of carbonyl (C=O) groups excluding carboxylic acids is 2. The highest BCUT2D eigenvalue weighted by atomic mass is 35.5. The zero-order valence-corrected chi connectivity index (χ0v) is 27.7. The normalized spacial score (nSPS) is 14.7. The number of aliphatic hydroxyl groups is 4. The third-order valence-corrected chi connectivity index (χ3v) is 7.88. The van der Waals surface area contributed by atoms with Crippen molar-refractivity contribution in [2.24, 2.45) is 11.7 Å². The van der Waals surface area contributed by atoms with Crippen LogP contribution in [-0.2, 0) is 11.2 Å². The molecule has 47 heavy (non-hydrogen) atoms. The molecule has 1 heterocycles. The highest BCUT2D eigenvalue weighted by molar-refractivity contribution is 6.31. The van der Waals surface area contributed by atoms with Gasteiger partial charge in [0, 0.05) is 13.1 Å². The molecule has 0 saturated carbocycles. The number of aryl methyl sites for hydroxylation is 1. The second-order valence-corrected chi connectivity index (χ2v) is 11.7. The van der Waals surface area contributed by atoms with Crippen LogP contribution in [0.3, 0.4) is 0 Å². The van der Waals surface area contributed by atoms with Gasteiger partial charge in [-0.3, -0.25) is 20.7 Å². The maximum atomic E-state index is 12.4. The summed E-state index contributed by atoms with van der Waals surface area (Å²) in [6, 6.07) is 7.78. The molecular formula is C31H51ClN8O7. The number of aromatic nitrogens is 2. The van der Waals surface area contributed by atoms with E-state index in [4.69, 9.17) is 33.5 Å². The average Bonchev–Trinajstić information content (AvgIpc) is 3.05. The van der Waals surface area contributed by atoms with Crippen molar-refractivity contribution in [3.05, 3.63) is 40.7 Å². The van der Waals surface area contributed by atoms with Gasteiger partial charge >= 0.3 is 0 Å². The molecule has 0 fully saturated rings. The Morgan fingerprint density at radius 1 is 1.02 bits per heavy atom. The van der Waals surface area contributed by atoms with Gasteiger partial charge in [0.25, 0.3) is 5.91 Å². The number of ether oxygens (including phenoxy) is 1. The number of rotatable bonds is 24. The highest BCUT2D eigenvalue weighted by Crippen LogP contribution is 2.18. The van der Waals surface area contributed by atoms with Crippen LogP contribution in [0, 0.1) is 5.92 Å². The molecule has 2 rings (SSSR count). The lowest BCUT2D eigenvalue weighted by Crippen LogP contribution is -2.52. The van der Waals surface area contributed by atoms with Crippen LogP contribution in [0.5, 0.6) is 5.75 Å². The van der Waals surface area contributed by atoms with E-state index in [2.05, 4.69) is 27.5 Å². The summed E-state index contributed by atoms with van der Waals surface area (Å²) in [5.74, 6) is -1.31. The average molecular weight is 683 g/mol. The van der Waals surface area contributed by atoms with Crippen LogP contribution in [0.2, 0.25) is 5.15 Å². The van der Waals surface area contributed by atoms with Crippen LogP contribution in [-0.4, -0.2) is 111 Å². The van der Waals surface area contributed by atoms with Crippen LogP contribution in [0.1, 0.15) is 61.5 Å². The molecular weight excluding hydrogens is 632 g/mol. The van der Waals surface area contributed by atoms with Crippen molar-refractivity contribution < 1.29 is 34.8 Å². The molecule has 2 aromatic rings. The predicted molar refractivity (Wildman–Crippen MR) is 179 cm³/mol. The number of amides is 1. The molecule has 0 aliphatic rings. The van der Waals surface area contributed by atoms with E-state index >= 15 is 0 Å². The maximum absolute atomic E-state index is 12.4. The van der Waals surface area contributed by atoms with Crippen LogP contribution in [0.4, 0.5) is 11.6 Å². The van der Waals surface area contributed by atoms with Crippen LogP contribution >= 0.6 is 11.6 Å². The lowest BCUT2D eigenvalue weighted by Gasteiger charge is -2.30. The number of nitrogens with one attached hydrogen (secondary N) is 2. The molecule has 16 heteroatoms. The Bertz CT molecular complexity index is 1210. The Kier molecular flexibility index (Phi) is 18.5. The lowest BCUT2D eigenvalue weighted by molar-refractivity contribution is -0.127. The minimum Gasteiger partial charge on any atom is -0.492 e. The molecule has 15 nitrogen and oxygen atoms in total. The molecule has 0 aliphatic carbocycles. The van der Waals surface area contributed by atoms with Crippen LogP contribution in [0.25, 0.3) is 0 Å². The fraction of sp³-hybridized carbons (Fsp3) is 0.613. The van der Waals surface area contributed by atoms with Gasteiger partial charge in [-0.15, -0.1) is 0 Å². The Hall–Kier alpha value is -3.15. The smallest absolute Gasteiger partial charge is 0.276 e. The summed E-state index contributed by atoms with van der Waals surface area (Å²) in [5.41, 5.74) is 18.1. The second kappa shape index (κ2) is 21.7. The quantitative estimate of drug-likeness (QED) is 0.0402. The van der Waals surface area contributed by atoms with E-state index in [9.17, 15) is 30.0 Å². The summed E-state index contributed by atoms with van der Waals surface area (Å²) in [4.78, 5) is 33.0. The first-order chi connectivity index (χ1) is 22.5. The Balaban J connectivity index is 1.74. The Labute approximate surface area is 280 Å². The molecule has 1 aromatic heterocycles. The van der Waals surface area contributed by atoms with Gasteiger partial charge in [-0.1, -0.05) is 49.9 Å². The minimum atomic E-state index is -1.58. The van der Waals surface area contributed by atoms with E-state index in [1.807, 2.05) is 29.2 Å². The number of unbranched alkanes of at least 4 members (excludes halogenated alkanes) is 4. The van der Waals surface area contributed by atoms with Gasteiger partial charge in [0.1, 0.15) is 31.0 Å². The molecule has 264 valence electrons. The first-order valence-corrected chi connectivity index (χ1v) is 16.3. The van der Waals surface area contributed by atoms with Gasteiger partial charge in [-0.05, 0) is 56.5 Å². The third kappa shape index (κ3) is 14.2. The van der Waals surface area contributed by atoms with Crippen molar-refractivity contribution in [3.8, 4) is 5.75 Å². The number of hydrogen-bond acceptors (Lipinski definition) is 14. The van der Waals surface area contributed by atoms with Crippen molar-refractivity contribution in [3.63, 3.8) is 0 Å². The molecule has 12 N–H and O–H groups in total. The molecule has 0 bridgehead atoms. The second-order valence-electron chi connectivity index (χ2n) is 11.4. The van der Waals surface area contributed by atoms with Crippen molar-refractivity contribution in [2.75, 3.05) is 50.9 Å². The molecule has 1 amide bonds. The molecule has 0 radical (unpaired) electrons. The van der Waals surface area contributed by atoms with E-state index < -0.39 is 43.0 Å². The van der Waals surface area contributed by atoms with E-state index in [1.54, 1.807) is 0 Å². The number of benzene rings is 1. The fourth-order valence-corrected chi connectivity index (χ4v) is 4.89. The molecule has 0 saturated heterocycles. The zero-order valence-electron chi connectivity index (χ0n) is 26.9. The minimum absolute atomic E-state index is 0.0681. The highest BCUT2D eigenvalue weighted by Gasteiger charge is 2.31. The summed E-state index contributed by atoms with van der Waals surface area (Å²) in [6.45, 7) is 3.64. The number of nitrogens with two attached hydrogens (primary N) is 3. The van der Waals surface area contributed by atoms with Crippen molar-refractivity contribution >= 4 is 35.4 Å². The number of nitrogens with zero attached hydrogens (tertiary/aromatic N) is 3. The van der Waals surface area contributed by atoms with Gasteiger partial charge in [0.05, 0.1) is 24.7 Å². The van der Waals surface area contributed by atoms with E-state index in [0.717, 1.165) is 50.5 Å². The predicted octanol–water partition coefficient (Wildman–Crippen LogP) is 0.0302. The zero-order chi connectivity index (χ0) is 34.8. The van der Waals surface area contributed by atoms with Gasteiger partial charge in [-0.25, -0.2) is 9.97 Å². The monoisotopic (exact) mass is 682 g/mol. The number of carbonyl (C=O) groups is 2. The van der Waals surface area contributed by atoms with Crippen molar-refractivity contribution in [1.82, 2.24) is 25.5 Å². The number of aldehydes is 1. The summed E-state index contributed by atoms with van der Waals surface area (Å²) in [6.07, 6.45) is 1.71. The van der Waals surface area contributed by atoms with Crippen LogP contribution < -0.4 is 32.6 Å². The number of halogens is 1. The van der Waals surface area contributed by atoms with Gasteiger partial charge in [0.15, 0.2) is 22.5 Å². The SMILES string of the molecule is CCCCCCN(CCOc1ccc(CCCCNC(N)NC(=O)c2nc(Cl)c(N)nc2N)cc1)C[C@@H](O)[C@H](O)[C@@H](O)[C@@H](C=O)CO. The van der Waals surface area contributed by atoms with Crippen molar-refractivity contribution in [2.45, 2.75) is 76.5 Å². The van der Waals surface area contributed by atoms with E-state index in [-0.39, 0.29) is 29.0 Å². The molecule has 5 atom stereocenters. The number of hydrogen-bond donors (Lipinski definition) is 9. The topological polar surface area (TPSA) is 255 Å².